The maximum Gasteiger partial charge on any atom is 0.335 e. The first-order chi connectivity index (χ1) is 9.51. The minimum absolute atomic E-state index is 0.341. The summed E-state index contributed by atoms with van der Waals surface area (Å²) in [5, 5.41) is 12.4. The van der Waals surface area contributed by atoms with Gasteiger partial charge in [0.25, 0.3) is 0 Å². The summed E-state index contributed by atoms with van der Waals surface area (Å²) < 4.78 is 0. The van der Waals surface area contributed by atoms with E-state index in [0.717, 1.165) is 18.2 Å². The van der Waals surface area contributed by atoms with Crippen molar-refractivity contribution in [3.8, 4) is 0 Å². The lowest BCUT2D eigenvalue weighted by Crippen LogP contribution is -2.28. The fraction of sp³-hybridized carbons (Fsp3) is 0.588. The minimum Gasteiger partial charge on any atom is -0.478 e. The van der Waals surface area contributed by atoms with Crippen LogP contribution in [-0.2, 0) is 0 Å². The Balaban J connectivity index is 1.97. The zero-order valence-corrected chi connectivity index (χ0v) is 12.5. The van der Waals surface area contributed by atoms with Gasteiger partial charge in [0.1, 0.15) is 0 Å². The highest BCUT2D eigenvalue weighted by Crippen LogP contribution is 2.43. The summed E-state index contributed by atoms with van der Waals surface area (Å²) in [6, 6.07) is 7.05. The van der Waals surface area contributed by atoms with Crippen LogP contribution in [0.15, 0.2) is 24.3 Å². The number of hydrogen-bond donors (Lipinski definition) is 2. The Kier molecular flexibility index (Phi) is 4.69. The SMILES string of the molecule is CC(C)CC1(CNc2ccc(C(=O)O)cc2)CCCC1. The van der Waals surface area contributed by atoms with Crippen LogP contribution in [0.1, 0.15) is 56.3 Å². The third-order valence-corrected chi connectivity index (χ3v) is 4.30. The average Bonchev–Trinajstić information content (AvgIpc) is 2.85. The van der Waals surface area contributed by atoms with Crippen LogP contribution in [0.3, 0.4) is 0 Å². The van der Waals surface area contributed by atoms with Crippen molar-refractivity contribution in [3.05, 3.63) is 29.8 Å². The van der Waals surface area contributed by atoms with Crippen molar-refractivity contribution in [2.45, 2.75) is 46.0 Å². The molecule has 3 nitrogen and oxygen atoms in total. The van der Waals surface area contributed by atoms with Gasteiger partial charge in [-0.2, -0.15) is 0 Å². The Labute approximate surface area is 121 Å². The molecule has 1 aliphatic carbocycles. The van der Waals surface area contributed by atoms with Crippen molar-refractivity contribution in [2.24, 2.45) is 11.3 Å². The van der Waals surface area contributed by atoms with Crippen LogP contribution < -0.4 is 5.32 Å². The van der Waals surface area contributed by atoms with Crippen molar-refractivity contribution >= 4 is 11.7 Å². The Hall–Kier alpha value is -1.51. The molecular weight excluding hydrogens is 250 g/mol. The average molecular weight is 275 g/mol. The third-order valence-electron chi connectivity index (χ3n) is 4.30. The number of benzene rings is 1. The van der Waals surface area contributed by atoms with Gasteiger partial charge in [-0.05, 0) is 54.9 Å². The van der Waals surface area contributed by atoms with Gasteiger partial charge in [0.2, 0.25) is 0 Å². The van der Waals surface area contributed by atoms with Crippen molar-refractivity contribution < 1.29 is 9.90 Å². The number of anilines is 1. The van der Waals surface area contributed by atoms with Crippen molar-refractivity contribution in [1.82, 2.24) is 0 Å². The Morgan fingerprint density at radius 3 is 2.35 bits per heavy atom. The summed E-state index contributed by atoms with van der Waals surface area (Å²) in [5.74, 6) is -0.145. The maximum atomic E-state index is 10.8. The number of carboxylic acid groups (broad SMARTS) is 1. The fourth-order valence-corrected chi connectivity index (χ4v) is 3.46. The predicted molar refractivity (Wildman–Crippen MR) is 82.2 cm³/mol. The van der Waals surface area contributed by atoms with Crippen molar-refractivity contribution in [2.75, 3.05) is 11.9 Å². The van der Waals surface area contributed by atoms with E-state index in [2.05, 4.69) is 19.2 Å². The highest BCUT2D eigenvalue weighted by molar-refractivity contribution is 5.87. The van der Waals surface area contributed by atoms with Gasteiger partial charge in [0.05, 0.1) is 5.56 Å². The lowest BCUT2D eigenvalue weighted by Gasteiger charge is -2.31. The number of rotatable bonds is 6. The number of nitrogens with one attached hydrogen (secondary N) is 1. The van der Waals surface area contributed by atoms with E-state index in [-0.39, 0.29) is 0 Å². The molecule has 1 saturated carbocycles. The molecule has 0 aromatic heterocycles. The smallest absolute Gasteiger partial charge is 0.335 e. The second-order valence-corrected chi connectivity index (χ2v) is 6.54. The summed E-state index contributed by atoms with van der Waals surface area (Å²) >= 11 is 0. The molecule has 20 heavy (non-hydrogen) atoms. The van der Waals surface area contributed by atoms with Crippen molar-refractivity contribution in [3.63, 3.8) is 0 Å². The molecule has 110 valence electrons. The second-order valence-electron chi connectivity index (χ2n) is 6.54. The van der Waals surface area contributed by atoms with Gasteiger partial charge in [-0.1, -0.05) is 26.7 Å². The first-order valence-corrected chi connectivity index (χ1v) is 7.58. The third kappa shape index (κ3) is 3.75. The lowest BCUT2D eigenvalue weighted by atomic mass is 9.78. The highest BCUT2D eigenvalue weighted by Gasteiger charge is 2.34. The van der Waals surface area contributed by atoms with Crippen LogP contribution in [0.5, 0.6) is 0 Å². The van der Waals surface area contributed by atoms with Crippen LogP contribution in [-0.4, -0.2) is 17.6 Å². The zero-order valence-electron chi connectivity index (χ0n) is 12.5. The fourth-order valence-electron chi connectivity index (χ4n) is 3.46. The van der Waals surface area contributed by atoms with E-state index in [0.29, 0.717) is 11.0 Å². The molecule has 0 unspecified atom stereocenters. The van der Waals surface area contributed by atoms with Crippen LogP contribution in [0, 0.1) is 11.3 Å². The lowest BCUT2D eigenvalue weighted by molar-refractivity contribution is 0.0697. The van der Waals surface area contributed by atoms with Gasteiger partial charge in [-0.15, -0.1) is 0 Å². The first-order valence-electron chi connectivity index (χ1n) is 7.58. The highest BCUT2D eigenvalue weighted by atomic mass is 16.4. The molecule has 0 saturated heterocycles. The summed E-state index contributed by atoms with van der Waals surface area (Å²) in [7, 11) is 0. The topological polar surface area (TPSA) is 49.3 Å². The molecule has 0 bridgehead atoms. The second kappa shape index (κ2) is 6.29. The van der Waals surface area contributed by atoms with E-state index in [1.807, 2.05) is 12.1 Å². The molecule has 3 heteroatoms. The quantitative estimate of drug-likeness (QED) is 0.808. The van der Waals surface area contributed by atoms with Gasteiger partial charge in [0.15, 0.2) is 0 Å². The van der Waals surface area contributed by atoms with E-state index in [1.54, 1.807) is 12.1 Å². The first kappa shape index (κ1) is 14.9. The zero-order chi connectivity index (χ0) is 14.6. The molecule has 0 atom stereocenters. The van der Waals surface area contributed by atoms with Crippen LogP contribution in [0.2, 0.25) is 0 Å². The van der Waals surface area contributed by atoms with E-state index >= 15 is 0 Å². The monoisotopic (exact) mass is 275 g/mol. The number of hydrogen-bond acceptors (Lipinski definition) is 2. The number of aromatic carboxylic acids is 1. The Bertz CT molecular complexity index is 445. The summed E-state index contributed by atoms with van der Waals surface area (Å²) in [6.45, 7) is 5.58. The number of carbonyl (C=O) groups is 1. The Morgan fingerprint density at radius 2 is 1.85 bits per heavy atom. The van der Waals surface area contributed by atoms with Crippen LogP contribution >= 0.6 is 0 Å². The molecule has 1 aliphatic rings. The maximum absolute atomic E-state index is 10.8. The van der Waals surface area contributed by atoms with E-state index in [1.165, 1.54) is 32.1 Å². The Morgan fingerprint density at radius 1 is 1.25 bits per heavy atom. The van der Waals surface area contributed by atoms with Gasteiger partial charge in [0, 0.05) is 12.2 Å². The summed E-state index contributed by atoms with van der Waals surface area (Å²) in [4.78, 5) is 10.8. The summed E-state index contributed by atoms with van der Waals surface area (Å²) in [5.41, 5.74) is 1.79. The molecule has 0 spiro atoms. The molecule has 1 aromatic carbocycles. The molecular formula is C17H25NO2. The molecule has 0 heterocycles. The van der Waals surface area contributed by atoms with E-state index in [9.17, 15) is 4.79 Å². The van der Waals surface area contributed by atoms with Crippen molar-refractivity contribution in [1.29, 1.82) is 0 Å². The standard InChI is InChI=1S/C17H25NO2/c1-13(2)11-17(9-3-4-10-17)12-18-15-7-5-14(6-8-15)16(19)20/h5-8,13,18H,3-4,9-12H2,1-2H3,(H,19,20). The molecule has 0 amide bonds. The molecule has 0 aliphatic heterocycles. The summed E-state index contributed by atoms with van der Waals surface area (Å²) in [6.07, 6.45) is 6.57. The predicted octanol–water partition coefficient (Wildman–Crippen LogP) is 4.40. The molecule has 1 aromatic rings. The molecule has 1 fully saturated rings. The molecule has 2 rings (SSSR count). The van der Waals surface area contributed by atoms with Crippen LogP contribution in [0.25, 0.3) is 0 Å². The minimum atomic E-state index is -0.872. The van der Waals surface area contributed by atoms with E-state index < -0.39 is 5.97 Å². The van der Waals surface area contributed by atoms with Gasteiger partial charge in [-0.25, -0.2) is 4.79 Å². The molecule has 0 radical (unpaired) electrons. The van der Waals surface area contributed by atoms with Gasteiger partial charge >= 0.3 is 5.97 Å². The normalized spacial score (nSPS) is 17.4. The van der Waals surface area contributed by atoms with Crippen LogP contribution in [0.4, 0.5) is 5.69 Å². The number of carboxylic acids is 1. The van der Waals surface area contributed by atoms with Gasteiger partial charge in [-0.3, -0.25) is 0 Å². The van der Waals surface area contributed by atoms with Gasteiger partial charge < -0.3 is 10.4 Å². The molecule has 2 N–H and O–H groups in total. The largest absolute Gasteiger partial charge is 0.478 e. The van der Waals surface area contributed by atoms with E-state index in [4.69, 9.17) is 5.11 Å².